The Kier molecular flexibility index (Phi) is 2.39. The molecule has 3 rings (SSSR count). The lowest BCUT2D eigenvalue weighted by atomic mass is 9.86. The molecule has 1 aliphatic rings. The molecule has 2 nitrogen and oxygen atoms in total. The van der Waals surface area contributed by atoms with Crippen LogP contribution in [0.25, 0.3) is 10.8 Å². The SMILES string of the molecule is CCc1ccc2c3c(c(C)ccc13)OCC2(C)O. The summed E-state index contributed by atoms with van der Waals surface area (Å²) in [6.45, 7) is 6.35. The Hall–Kier alpha value is -1.54. The second kappa shape index (κ2) is 3.72. The van der Waals surface area contributed by atoms with Crippen LogP contribution in [0.5, 0.6) is 5.75 Å². The highest BCUT2D eigenvalue weighted by molar-refractivity contribution is 5.96. The molecule has 1 unspecified atom stereocenters. The van der Waals surface area contributed by atoms with Crippen LogP contribution in [0.15, 0.2) is 24.3 Å². The minimum Gasteiger partial charge on any atom is -0.489 e. The van der Waals surface area contributed by atoms with Crippen LogP contribution in [0.3, 0.4) is 0 Å². The van der Waals surface area contributed by atoms with E-state index in [0.717, 1.165) is 28.7 Å². The first-order valence-corrected chi connectivity index (χ1v) is 6.45. The molecular weight excluding hydrogens is 224 g/mol. The molecule has 0 amide bonds. The van der Waals surface area contributed by atoms with Gasteiger partial charge in [-0.05, 0) is 42.3 Å². The number of ether oxygens (including phenoxy) is 1. The second-order valence-electron chi connectivity index (χ2n) is 5.32. The fourth-order valence-electron chi connectivity index (χ4n) is 2.81. The van der Waals surface area contributed by atoms with Gasteiger partial charge >= 0.3 is 0 Å². The molecule has 2 heteroatoms. The van der Waals surface area contributed by atoms with Gasteiger partial charge in [0.05, 0.1) is 0 Å². The molecule has 2 aromatic carbocycles. The van der Waals surface area contributed by atoms with E-state index in [0.29, 0.717) is 6.61 Å². The molecule has 0 bridgehead atoms. The van der Waals surface area contributed by atoms with Crippen molar-refractivity contribution in [1.29, 1.82) is 0 Å². The monoisotopic (exact) mass is 242 g/mol. The third kappa shape index (κ3) is 1.45. The van der Waals surface area contributed by atoms with Crippen molar-refractivity contribution in [3.63, 3.8) is 0 Å². The van der Waals surface area contributed by atoms with Gasteiger partial charge in [-0.1, -0.05) is 31.2 Å². The molecule has 1 atom stereocenters. The molecule has 2 aromatic rings. The van der Waals surface area contributed by atoms with Gasteiger partial charge in [-0.25, -0.2) is 0 Å². The lowest BCUT2D eigenvalue weighted by Crippen LogP contribution is -2.33. The van der Waals surface area contributed by atoms with Crippen LogP contribution in [-0.2, 0) is 12.0 Å². The Balaban J connectivity index is 2.47. The lowest BCUT2D eigenvalue weighted by Gasteiger charge is -2.32. The highest BCUT2D eigenvalue weighted by Crippen LogP contribution is 2.42. The summed E-state index contributed by atoms with van der Waals surface area (Å²) in [5.74, 6) is 0.935. The summed E-state index contributed by atoms with van der Waals surface area (Å²) in [4.78, 5) is 0. The van der Waals surface area contributed by atoms with Crippen LogP contribution in [0.4, 0.5) is 0 Å². The number of benzene rings is 2. The highest BCUT2D eigenvalue weighted by Gasteiger charge is 2.32. The molecular formula is C16H18O2. The Labute approximate surface area is 107 Å². The van der Waals surface area contributed by atoms with E-state index in [1.54, 1.807) is 0 Å². The quantitative estimate of drug-likeness (QED) is 0.831. The molecule has 0 spiro atoms. The van der Waals surface area contributed by atoms with Gasteiger partial charge in [0.15, 0.2) is 0 Å². The third-order valence-electron chi connectivity index (χ3n) is 3.88. The predicted molar refractivity (Wildman–Crippen MR) is 73.1 cm³/mol. The molecule has 0 radical (unpaired) electrons. The Morgan fingerprint density at radius 2 is 2.06 bits per heavy atom. The average molecular weight is 242 g/mol. The Morgan fingerprint density at radius 3 is 2.78 bits per heavy atom. The van der Waals surface area contributed by atoms with Gasteiger partial charge in [0, 0.05) is 5.39 Å². The molecule has 1 aliphatic heterocycles. The lowest BCUT2D eigenvalue weighted by molar-refractivity contribution is 0.00353. The molecule has 0 saturated heterocycles. The van der Waals surface area contributed by atoms with E-state index in [9.17, 15) is 5.11 Å². The van der Waals surface area contributed by atoms with Gasteiger partial charge in [0.2, 0.25) is 0 Å². The van der Waals surface area contributed by atoms with Gasteiger partial charge in [-0.2, -0.15) is 0 Å². The molecule has 94 valence electrons. The van der Waals surface area contributed by atoms with Crippen molar-refractivity contribution in [2.45, 2.75) is 32.8 Å². The van der Waals surface area contributed by atoms with E-state index in [2.05, 4.69) is 32.0 Å². The Bertz CT molecular complexity index is 627. The largest absolute Gasteiger partial charge is 0.489 e. The zero-order valence-electron chi connectivity index (χ0n) is 11.1. The first-order valence-electron chi connectivity index (χ1n) is 6.45. The van der Waals surface area contributed by atoms with Crippen LogP contribution >= 0.6 is 0 Å². The number of aryl methyl sites for hydroxylation is 2. The average Bonchev–Trinajstić information content (AvgIpc) is 2.35. The van der Waals surface area contributed by atoms with E-state index >= 15 is 0 Å². The fraction of sp³-hybridized carbons (Fsp3) is 0.375. The topological polar surface area (TPSA) is 29.5 Å². The predicted octanol–water partition coefficient (Wildman–Crippen LogP) is 3.31. The standard InChI is InChI=1S/C16H18O2/c1-4-11-6-8-13-14-12(11)7-5-10(2)15(14)18-9-16(13,3)17/h5-8,17H,4,9H2,1-3H3. The van der Waals surface area contributed by atoms with Gasteiger partial charge in [0.25, 0.3) is 0 Å². The molecule has 1 heterocycles. The van der Waals surface area contributed by atoms with Crippen LogP contribution in [0, 0.1) is 6.92 Å². The van der Waals surface area contributed by atoms with E-state index < -0.39 is 5.60 Å². The van der Waals surface area contributed by atoms with Crippen LogP contribution in [0.2, 0.25) is 0 Å². The number of hydrogen-bond acceptors (Lipinski definition) is 2. The molecule has 0 saturated carbocycles. The molecule has 0 aliphatic carbocycles. The van der Waals surface area contributed by atoms with Crippen molar-refractivity contribution in [3.05, 3.63) is 41.0 Å². The summed E-state index contributed by atoms with van der Waals surface area (Å²) >= 11 is 0. The number of rotatable bonds is 1. The van der Waals surface area contributed by atoms with Crippen LogP contribution in [0.1, 0.15) is 30.5 Å². The van der Waals surface area contributed by atoms with E-state index in [1.807, 2.05) is 13.0 Å². The highest BCUT2D eigenvalue weighted by atomic mass is 16.5. The van der Waals surface area contributed by atoms with Crippen LogP contribution < -0.4 is 4.74 Å². The van der Waals surface area contributed by atoms with Gasteiger partial charge in [0.1, 0.15) is 18.0 Å². The van der Waals surface area contributed by atoms with Crippen molar-refractivity contribution >= 4 is 10.8 Å². The van der Waals surface area contributed by atoms with Crippen molar-refractivity contribution < 1.29 is 9.84 Å². The molecule has 1 N–H and O–H groups in total. The molecule has 0 fully saturated rings. The fourth-order valence-corrected chi connectivity index (χ4v) is 2.81. The molecule has 0 aromatic heterocycles. The van der Waals surface area contributed by atoms with E-state index in [1.165, 1.54) is 10.9 Å². The van der Waals surface area contributed by atoms with Crippen molar-refractivity contribution in [1.82, 2.24) is 0 Å². The summed E-state index contributed by atoms with van der Waals surface area (Å²) in [6, 6.07) is 8.41. The summed E-state index contributed by atoms with van der Waals surface area (Å²) < 4.78 is 5.79. The normalized spacial score (nSPS) is 22.0. The van der Waals surface area contributed by atoms with Crippen molar-refractivity contribution in [3.8, 4) is 5.75 Å². The third-order valence-corrected chi connectivity index (χ3v) is 3.88. The Morgan fingerprint density at radius 1 is 1.28 bits per heavy atom. The zero-order valence-corrected chi connectivity index (χ0v) is 11.1. The van der Waals surface area contributed by atoms with Crippen molar-refractivity contribution in [2.75, 3.05) is 6.61 Å². The summed E-state index contributed by atoms with van der Waals surface area (Å²) in [5, 5.41) is 12.8. The number of hydrogen-bond donors (Lipinski definition) is 1. The molecule has 18 heavy (non-hydrogen) atoms. The smallest absolute Gasteiger partial charge is 0.130 e. The van der Waals surface area contributed by atoms with E-state index in [-0.39, 0.29) is 0 Å². The second-order valence-corrected chi connectivity index (χ2v) is 5.32. The summed E-state index contributed by atoms with van der Waals surface area (Å²) in [5.41, 5.74) is 2.52. The summed E-state index contributed by atoms with van der Waals surface area (Å²) in [6.07, 6.45) is 0.988. The van der Waals surface area contributed by atoms with Gasteiger partial charge in [-0.15, -0.1) is 0 Å². The van der Waals surface area contributed by atoms with Gasteiger partial charge in [-0.3, -0.25) is 0 Å². The maximum Gasteiger partial charge on any atom is 0.130 e. The first-order chi connectivity index (χ1) is 8.54. The maximum absolute atomic E-state index is 10.5. The number of aliphatic hydroxyl groups is 1. The van der Waals surface area contributed by atoms with Crippen LogP contribution in [-0.4, -0.2) is 11.7 Å². The summed E-state index contributed by atoms with van der Waals surface area (Å²) in [7, 11) is 0. The van der Waals surface area contributed by atoms with Gasteiger partial charge < -0.3 is 9.84 Å². The zero-order chi connectivity index (χ0) is 12.9. The first kappa shape index (κ1) is 11.5. The minimum absolute atomic E-state index is 0.325. The minimum atomic E-state index is -0.898. The van der Waals surface area contributed by atoms with Crippen molar-refractivity contribution in [2.24, 2.45) is 0 Å². The van der Waals surface area contributed by atoms with E-state index in [4.69, 9.17) is 4.74 Å². The maximum atomic E-state index is 10.5.